The van der Waals surface area contributed by atoms with E-state index in [0.717, 1.165) is 71.7 Å². The predicted octanol–water partition coefficient (Wildman–Crippen LogP) is 6.24. The van der Waals surface area contributed by atoms with E-state index in [1.807, 2.05) is 50.2 Å². The number of pyridine rings is 1. The SMILES string of the molecule is Cc1cc(N)nc(C)c1CNC(=O)c1ccc2c(c1)c1oc2c2cc(-c3cccc4[nH]cnc34)ccc21. The Hall–Kier alpha value is -4.91. The number of H-pyrrole nitrogens is 1. The third-order valence-corrected chi connectivity index (χ3v) is 7.24. The Labute approximate surface area is 211 Å². The molecule has 7 nitrogen and oxygen atoms in total. The Balaban J connectivity index is 1.24. The molecule has 4 N–H and O–H groups in total. The minimum absolute atomic E-state index is 0.144. The van der Waals surface area contributed by atoms with E-state index in [-0.39, 0.29) is 5.91 Å². The van der Waals surface area contributed by atoms with Crippen molar-refractivity contribution >= 4 is 55.5 Å². The minimum Gasteiger partial charge on any atom is -0.455 e. The molecule has 3 aromatic carbocycles. The number of aryl methyl sites for hydroxylation is 2. The van der Waals surface area contributed by atoms with Gasteiger partial charge in [-0.3, -0.25) is 4.79 Å². The summed E-state index contributed by atoms with van der Waals surface area (Å²) in [5, 5.41) is 7.07. The summed E-state index contributed by atoms with van der Waals surface area (Å²) in [5.41, 5.74) is 15.0. The first-order chi connectivity index (χ1) is 18.0. The van der Waals surface area contributed by atoms with Crippen LogP contribution in [0.25, 0.3) is 54.9 Å². The molecule has 7 rings (SSSR count). The van der Waals surface area contributed by atoms with E-state index >= 15 is 0 Å². The lowest BCUT2D eigenvalue weighted by atomic mass is 9.97. The molecule has 0 aliphatic rings. The fraction of sp³-hybridized carbons (Fsp3) is 0.100. The number of nitrogens with one attached hydrogen (secondary N) is 2. The minimum atomic E-state index is -0.144. The maximum Gasteiger partial charge on any atom is 0.251 e. The van der Waals surface area contributed by atoms with Gasteiger partial charge in [-0.25, -0.2) is 9.97 Å². The van der Waals surface area contributed by atoms with Crippen LogP contribution in [0.15, 0.2) is 71.4 Å². The zero-order chi connectivity index (χ0) is 25.3. The number of nitrogen functional groups attached to an aromatic ring is 1. The van der Waals surface area contributed by atoms with Gasteiger partial charge in [0.2, 0.25) is 0 Å². The van der Waals surface area contributed by atoms with Crippen molar-refractivity contribution < 1.29 is 9.21 Å². The van der Waals surface area contributed by atoms with Gasteiger partial charge in [-0.15, -0.1) is 0 Å². The van der Waals surface area contributed by atoms with E-state index in [0.29, 0.717) is 17.9 Å². The summed E-state index contributed by atoms with van der Waals surface area (Å²) in [4.78, 5) is 25.0. The second-order valence-corrected chi connectivity index (χ2v) is 9.50. The molecule has 0 atom stereocenters. The number of nitrogens with zero attached hydrogens (tertiary/aromatic N) is 2. The molecule has 0 spiro atoms. The second-order valence-electron chi connectivity index (χ2n) is 9.50. The fourth-order valence-electron chi connectivity index (χ4n) is 5.41. The number of aromatic nitrogens is 3. The summed E-state index contributed by atoms with van der Waals surface area (Å²) in [5.74, 6) is 0.341. The van der Waals surface area contributed by atoms with Crippen molar-refractivity contribution in [3.63, 3.8) is 0 Å². The number of para-hydroxylation sites is 1. The Morgan fingerprint density at radius 1 is 0.973 bits per heavy atom. The number of carbonyl (C=O) groups excluding carboxylic acids is 1. The Kier molecular flexibility index (Phi) is 4.50. The third-order valence-electron chi connectivity index (χ3n) is 7.24. The van der Waals surface area contributed by atoms with Gasteiger partial charge in [-0.2, -0.15) is 0 Å². The molecule has 1 amide bonds. The number of rotatable bonds is 4. The van der Waals surface area contributed by atoms with Crippen molar-refractivity contribution in [2.45, 2.75) is 20.4 Å². The number of carbonyl (C=O) groups is 1. The van der Waals surface area contributed by atoms with Crippen LogP contribution < -0.4 is 11.1 Å². The van der Waals surface area contributed by atoms with Crippen LogP contribution in [0.4, 0.5) is 5.82 Å². The number of hydrogen-bond acceptors (Lipinski definition) is 5. The number of amides is 1. The molecule has 4 heterocycles. The van der Waals surface area contributed by atoms with Gasteiger partial charge in [0.05, 0.1) is 17.4 Å². The first-order valence-electron chi connectivity index (χ1n) is 12.1. The largest absolute Gasteiger partial charge is 0.455 e. The van der Waals surface area contributed by atoms with Gasteiger partial charge in [-0.1, -0.05) is 18.2 Å². The predicted molar refractivity (Wildman–Crippen MR) is 147 cm³/mol. The van der Waals surface area contributed by atoms with Crippen LogP contribution in [-0.2, 0) is 6.54 Å². The van der Waals surface area contributed by atoms with E-state index in [9.17, 15) is 4.79 Å². The summed E-state index contributed by atoms with van der Waals surface area (Å²) in [7, 11) is 0. The number of hydrogen-bond donors (Lipinski definition) is 3. The summed E-state index contributed by atoms with van der Waals surface area (Å²) in [6, 6.07) is 20.0. The molecular weight excluding hydrogens is 462 g/mol. The Morgan fingerprint density at radius 3 is 2.57 bits per heavy atom. The maximum absolute atomic E-state index is 13.0. The second kappa shape index (κ2) is 7.80. The van der Waals surface area contributed by atoms with Gasteiger partial charge in [0.1, 0.15) is 17.0 Å². The van der Waals surface area contributed by atoms with Crippen molar-refractivity contribution in [3.05, 3.63) is 89.4 Å². The number of fused-ring (bicyclic) bond motifs is 9. The quantitative estimate of drug-likeness (QED) is 0.256. The summed E-state index contributed by atoms with van der Waals surface area (Å²) >= 11 is 0. The fourth-order valence-corrected chi connectivity index (χ4v) is 5.41. The standard InChI is InChI=1S/C30H23N5O2/c1-15-10-26(31)35-16(2)24(15)13-32-30(36)18-7-9-21-23(12-18)29-20-8-6-17(11-22(20)28(21)37-29)19-4-3-5-25-27(19)34-14-33-25/h3-12,14H,13H2,1-2H3,(H2,31,35)(H,32,36)(H,33,34). The first-order valence-corrected chi connectivity index (χ1v) is 12.1. The van der Waals surface area contributed by atoms with Gasteiger partial charge in [0.15, 0.2) is 0 Å². The van der Waals surface area contributed by atoms with E-state index in [1.165, 1.54) is 0 Å². The lowest BCUT2D eigenvalue weighted by Crippen LogP contribution is -2.24. The molecule has 2 bridgehead atoms. The van der Waals surface area contributed by atoms with Crippen molar-refractivity contribution in [3.8, 4) is 11.1 Å². The molecular formula is C30H23N5O2. The van der Waals surface area contributed by atoms with Gasteiger partial charge >= 0.3 is 0 Å². The highest BCUT2D eigenvalue weighted by Crippen LogP contribution is 2.42. The van der Waals surface area contributed by atoms with Crippen LogP contribution in [-0.4, -0.2) is 20.9 Å². The van der Waals surface area contributed by atoms with Gasteiger partial charge in [-0.05, 0) is 73.0 Å². The van der Waals surface area contributed by atoms with Crippen LogP contribution in [0.2, 0.25) is 0 Å². The Bertz CT molecular complexity index is 1980. The lowest BCUT2D eigenvalue weighted by molar-refractivity contribution is 0.0951. The van der Waals surface area contributed by atoms with Crippen LogP contribution in [0.5, 0.6) is 0 Å². The Morgan fingerprint density at radius 2 is 1.76 bits per heavy atom. The molecule has 180 valence electrons. The monoisotopic (exact) mass is 485 g/mol. The number of anilines is 1. The number of imidazole rings is 1. The van der Waals surface area contributed by atoms with E-state index < -0.39 is 0 Å². The average Bonchev–Trinajstić information content (AvgIpc) is 3.61. The van der Waals surface area contributed by atoms with Crippen molar-refractivity contribution in [2.75, 3.05) is 5.73 Å². The number of nitrogens with two attached hydrogens (primary N) is 1. The molecule has 0 saturated heterocycles. The lowest BCUT2D eigenvalue weighted by Gasteiger charge is -2.11. The zero-order valence-electron chi connectivity index (χ0n) is 20.3. The number of aromatic amines is 1. The maximum atomic E-state index is 13.0. The molecule has 7 heteroatoms. The van der Waals surface area contributed by atoms with Crippen LogP contribution in [0.3, 0.4) is 0 Å². The molecule has 0 unspecified atom stereocenters. The van der Waals surface area contributed by atoms with Crippen molar-refractivity contribution in [1.82, 2.24) is 20.3 Å². The molecule has 0 aliphatic heterocycles. The molecule has 0 radical (unpaired) electrons. The molecule has 0 fully saturated rings. The third kappa shape index (κ3) is 3.24. The van der Waals surface area contributed by atoms with Gasteiger partial charge in [0.25, 0.3) is 5.91 Å². The topological polar surface area (TPSA) is 110 Å². The number of furan rings is 2. The summed E-state index contributed by atoms with van der Waals surface area (Å²) < 4.78 is 6.24. The molecule has 4 aromatic heterocycles. The van der Waals surface area contributed by atoms with E-state index in [1.54, 1.807) is 6.33 Å². The van der Waals surface area contributed by atoms with Gasteiger partial charge < -0.3 is 20.5 Å². The highest BCUT2D eigenvalue weighted by atomic mass is 16.3. The normalized spacial score (nSPS) is 11.8. The molecule has 0 saturated carbocycles. The smallest absolute Gasteiger partial charge is 0.251 e. The van der Waals surface area contributed by atoms with E-state index in [2.05, 4.69) is 44.5 Å². The van der Waals surface area contributed by atoms with Crippen molar-refractivity contribution in [2.24, 2.45) is 0 Å². The molecule has 7 aromatic rings. The summed E-state index contributed by atoms with van der Waals surface area (Å²) in [6.07, 6.45) is 1.72. The number of benzene rings is 4. The van der Waals surface area contributed by atoms with Crippen molar-refractivity contribution in [1.29, 1.82) is 0 Å². The van der Waals surface area contributed by atoms with Crippen LogP contribution >= 0.6 is 0 Å². The molecule has 0 aliphatic carbocycles. The average molecular weight is 486 g/mol. The highest BCUT2D eigenvalue weighted by molar-refractivity contribution is 6.26. The first kappa shape index (κ1) is 21.4. The summed E-state index contributed by atoms with van der Waals surface area (Å²) in [6.45, 7) is 4.27. The van der Waals surface area contributed by atoms with Crippen LogP contribution in [0.1, 0.15) is 27.2 Å². The van der Waals surface area contributed by atoms with Crippen LogP contribution in [0, 0.1) is 13.8 Å². The molecule has 37 heavy (non-hydrogen) atoms. The van der Waals surface area contributed by atoms with E-state index in [4.69, 9.17) is 10.2 Å². The van der Waals surface area contributed by atoms with Gasteiger partial charge in [0, 0.05) is 44.9 Å². The highest BCUT2D eigenvalue weighted by Gasteiger charge is 2.20. The zero-order valence-corrected chi connectivity index (χ0v) is 20.3.